The van der Waals surface area contributed by atoms with Crippen molar-refractivity contribution < 1.29 is 9.53 Å². The van der Waals surface area contributed by atoms with Gasteiger partial charge in [-0.1, -0.05) is 71.9 Å². The molecule has 0 N–H and O–H groups in total. The summed E-state index contributed by atoms with van der Waals surface area (Å²) in [6.45, 7) is 15.3. The Labute approximate surface area is 158 Å². The quantitative estimate of drug-likeness (QED) is 0.524. The molecule has 2 nitrogen and oxygen atoms in total. The average Bonchev–Trinajstić information content (AvgIpc) is 2.60. The summed E-state index contributed by atoms with van der Waals surface area (Å²) in [5.74, 6) is 0.954. The van der Waals surface area contributed by atoms with Crippen LogP contribution in [0.15, 0.2) is 42.5 Å². The van der Waals surface area contributed by atoms with E-state index in [0.717, 1.165) is 0 Å². The second kappa shape index (κ2) is 8.53. The zero-order chi connectivity index (χ0) is 19.4. The van der Waals surface area contributed by atoms with Crippen LogP contribution in [0.1, 0.15) is 105 Å². The lowest BCUT2D eigenvalue weighted by Gasteiger charge is -2.26. The van der Waals surface area contributed by atoms with Gasteiger partial charge in [-0.3, -0.25) is 0 Å². The molecule has 0 radical (unpaired) electrons. The highest BCUT2D eigenvalue weighted by Gasteiger charge is 2.24. The van der Waals surface area contributed by atoms with Gasteiger partial charge in [0.1, 0.15) is 6.10 Å². The molecule has 2 rings (SSSR count). The van der Waals surface area contributed by atoms with Gasteiger partial charge in [-0.15, -0.1) is 0 Å². The molecule has 0 aliphatic heterocycles. The van der Waals surface area contributed by atoms with Gasteiger partial charge in [-0.25, -0.2) is 4.79 Å². The average molecular weight is 353 g/mol. The lowest BCUT2D eigenvalue weighted by atomic mass is 9.82. The van der Waals surface area contributed by atoms with Crippen LogP contribution >= 0.6 is 0 Å². The van der Waals surface area contributed by atoms with Gasteiger partial charge in [0.25, 0.3) is 0 Å². The molecule has 2 heteroatoms. The van der Waals surface area contributed by atoms with Crippen molar-refractivity contribution in [1.82, 2.24) is 0 Å². The highest BCUT2D eigenvalue weighted by molar-refractivity contribution is 5.89. The molecule has 0 aromatic heterocycles. The van der Waals surface area contributed by atoms with Crippen molar-refractivity contribution in [2.45, 2.75) is 72.3 Å². The maximum Gasteiger partial charge on any atom is 0.338 e. The Hall–Kier alpha value is -2.09. The SMILES string of the molecule is CC(C)c1cc(C(C)C)c(C(C)OC(=O)c2ccccc2)c(C(C)C)c1. The summed E-state index contributed by atoms with van der Waals surface area (Å²) in [7, 11) is 0. The van der Waals surface area contributed by atoms with Crippen molar-refractivity contribution in [3.8, 4) is 0 Å². The molecule has 0 amide bonds. The second-order valence-corrected chi connectivity index (χ2v) is 7.99. The summed E-state index contributed by atoms with van der Waals surface area (Å²) in [5.41, 5.74) is 5.68. The van der Waals surface area contributed by atoms with E-state index < -0.39 is 0 Å². The summed E-state index contributed by atoms with van der Waals surface area (Å²) in [6, 6.07) is 13.8. The molecular formula is C24H32O2. The Morgan fingerprint density at radius 1 is 0.769 bits per heavy atom. The van der Waals surface area contributed by atoms with Crippen LogP contribution in [-0.2, 0) is 4.74 Å². The highest BCUT2D eigenvalue weighted by atomic mass is 16.5. The molecule has 2 aromatic rings. The number of hydrogen-bond donors (Lipinski definition) is 0. The van der Waals surface area contributed by atoms with Crippen LogP contribution < -0.4 is 0 Å². The summed E-state index contributed by atoms with van der Waals surface area (Å²) in [6.07, 6.45) is -0.279. The van der Waals surface area contributed by atoms with E-state index in [4.69, 9.17) is 4.74 Å². The third-order valence-electron chi connectivity index (χ3n) is 4.88. The Kier molecular flexibility index (Phi) is 6.63. The molecule has 1 unspecified atom stereocenters. The molecule has 0 saturated heterocycles. The molecule has 0 saturated carbocycles. The smallest absolute Gasteiger partial charge is 0.338 e. The maximum absolute atomic E-state index is 12.5. The summed E-state index contributed by atoms with van der Waals surface area (Å²) >= 11 is 0. The van der Waals surface area contributed by atoms with Crippen LogP contribution in [0.3, 0.4) is 0 Å². The predicted octanol–water partition coefficient (Wildman–Crippen LogP) is 6.97. The Bertz CT molecular complexity index is 713. The second-order valence-electron chi connectivity index (χ2n) is 7.99. The minimum Gasteiger partial charge on any atom is -0.454 e. The van der Waals surface area contributed by atoms with Gasteiger partial charge in [-0.05, 0) is 59.1 Å². The van der Waals surface area contributed by atoms with Gasteiger partial charge in [0.15, 0.2) is 0 Å². The minimum atomic E-state index is -0.279. The van der Waals surface area contributed by atoms with E-state index in [1.807, 2.05) is 25.1 Å². The fourth-order valence-electron chi connectivity index (χ4n) is 3.34. The molecule has 0 heterocycles. The Morgan fingerprint density at radius 3 is 1.69 bits per heavy atom. The number of esters is 1. The molecule has 0 spiro atoms. The van der Waals surface area contributed by atoms with E-state index in [1.54, 1.807) is 12.1 Å². The van der Waals surface area contributed by atoms with Crippen LogP contribution in [0.4, 0.5) is 0 Å². The summed E-state index contributed by atoms with van der Waals surface area (Å²) in [5, 5.41) is 0. The number of hydrogen-bond acceptors (Lipinski definition) is 2. The fourth-order valence-corrected chi connectivity index (χ4v) is 3.34. The zero-order valence-electron chi connectivity index (χ0n) is 17.2. The lowest BCUT2D eigenvalue weighted by molar-refractivity contribution is 0.0333. The minimum absolute atomic E-state index is 0.268. The highest BCUT2D eigenvalue weighted by Crippen LogP contribution is 2.37. The Morgan fingerprint density at radius 2 is 1.27 bits per heavy atom. The van der Waals surface area contributed by atoms with Crippen LogP contribution in [0.5, 0.6) is 0 Å². The van der Waals surface area contributed by atoms with Crippen molar-refractivity contribution in [1.29, 1.82) is 0 Å². The van der Waals surface area contributed by atoms with Gasteiger partial charge in [0, 0.05) is 0 Å². The molecular weight excluding hydrogens is 320 g/mol. The lowest BCUT2D eigenvalue weighted by Crippen LogP contribution is -2.15. The van der Waals surface area contributed by atoms with Gasteiger partial charge >= 0.3 is 5.97 Å². The molecule has 2 aromatic carbocycles. The van der Waals surface area contributed by atoms with Crippen LogP contribution in [0.25, 0.3) is 0 Å². The van der Waals surface area contributed by atoms with Crippen molar-refractivity contribution in [3.63, 3.8) is 0 Å². The van der Waals surface area contributed by atoms with Gasteiger partial charge in [0.2, 0.25) is 0 Å². The van der Waals surface area contributed by atoms with Gasteiger partial charge < -0.3 is 4.74 Å². The van der Waals surface area contributed by atoms with Crippen LogP contribution in [0, 0.1) is 0 Å². The first kappa shape index (κ1) is 20.2. The van der Waals surface area contributed by atoms with Crippen LogP contribution in [0.2, 0.25) is 0 Å². The predicted molar refractivity (Wildman–Crippen MR) is 109 cm³/mol. The molecule has 0 fully saturated rings. The number of benzene rings is 2. The van der Waals surface area contributed by atoms with Crippen molar-refractivity contribution in [2.24, 2.45) is 0 Å². The number of rotatable bonds is 6. The fraction of sp³-hybridized carbons (Fsp3) is 0.458. The van der Waals surface area contributed by atoms with E-state index in [2.05, 4.69) is 53.7 Å². The Balaban J connectivity index is 2.47. The standard InChI is InChI=1S/C24H32O2/c1-15(2)20-13-21(16(3)4)23(22(14-20)17(5)6)18(7)26-24(25)19-11-9-8-10-12-19/h8-18H,1-7H3. The van der Waals surface area contributed by atoms with E-state index in [9.17, 15) is 4.79 Å². The van der Waals surface area contributed by atoms with Crippen molar-refractivity contribution in [3.05, 3.63) is 70.3 Å². The first-order chi connectivity index (χ1) is 12.2. The zero-order valence-corrected chi connectivity index (χ0v) is 17.2. The third-order valence-corrected chi connectivity index (χ3v) is 4.88. The first-order valence-corrected chi connectivity index (χ1v) is 9.66. The number of carbonyl (C=O) groups excluding carboxylic acids is 1. The number of ether oxygens (including phenoxy) is 1. The molecule has 0 bridgehead atoms. The van der Waals surface area contributed by atoms with Crippen molar-refractivity contribution >= 4 is 5.97 Å². The van der Waals surface area contributed by atoms with E-state index in [1.165, 1.54) is 22.3 Å². The summed E-state index contributed by atoms with van der Waals surface area (Å²) < 4.78 is 5.87. The molecule has 0 aliphatic carbocycles. The molecule has 0 aliphatic rings. The van der Waals surface area contributed by atoms with Gasteiger partial charge in [-0.2, -0.15) is 0 Å². The van der Waals surface area contributed by atoms with E-state index in [0.29, 0.717) is 23.3 Å². The monoisotopic (exact) mass is 352 g/mol. The first-order valence-electron chi connectivity index (χ1n) is 9.66. The third kappa shape index (κ3) is 4.55. The molecule has 1 atom stereocenters. The maximum atomic E-state index is 12.5. The normalized spacial score (nSPS) is 12.7. The molecule has 140 valence electrons. The van der Waals surface area contributed by atoms with Crippen LogP contribution in [-0.4, -0.2) is 5.97 Å². The summed E-state index contributed by atoms with van der Waals surface area (Å²) in [4.78, 5) is 12.5. The number of carbonyl (C=O) groups is 1. The topological polar surface area (TPSA) is 26.3 Å². The van der Waals surface area contributed by atoms with E-state index in [-0.39, 0.29) is 12.1 Å². The molecule has 26 heavy (non-hydrogen) atoms. The van der Waals surface area contributed by atoms with E-state index >= 15 is 0 Å². The van der Waals surface area contributed by atoms with Gasteiger partial charge in [0.05, 0.1) is 5.56 Å². The van der Waals surface area contributed by atoms with Crippen molar-refractivity contribution in [2.75, 3.05) is 0 Å². The largest absolute Gasteiger partial charge is 0.454 e.